The zero-order valence-corrected chi connectivity index (χ0v) is 21.3. The van der Waals surface area contributed by atoms with E-state index in [-0.39, 0.29) is 24.1 Å². The first kappa shape index (κ1) is 26.4. The van der Waals surface area contributed by atoms with Crippen LogP contribution in [0.3, 0.4) is 0 Å². The second-order valence-corrected chi connectivity index (χ2v) is 9.07. The number of carboxylic acids is 1. The van der Waals surface area contributed by atoms with Crippen LogP contribution in [0.5, 0.6) is 5.75 Å². The molecular weight excluding hydrogens is 511 g/mol. The number of carbonyl (C=O) groups is 1. The summed E-state index contributed by atoms with van der Waals surface area (Å²) >= 11 is 0. The number of nitrogens with zero attached hydrogens (tertiary/aromatic N) is 2. The largest absolute Gasteiger partial charge is 0.490 e. The van der Waals surface area contributed by atoms with Gasteiger partial charge in [0.15, 0.2) is 0 Å². The summed E-state index contributed by atoms with van der Waals surface area (Å²) in [6, 6.07) is 27.6. The molecule has 0 radical (unpaired) electrons. The molecular formula is C32H25FN2O5. The topological polar surface area (TPSA) is 90.5 Å². The summed E-state index contributed by atoms with van der Waals surface area (Å²) in [6.45, 7) is 0.281. The summed E-state index contributed by atoms with van der Waals surface area (Å²) in [7, 11) is 0. The number of halogens is 1. The highest BCUT2D eigenvalue weighted by molar-refractivity contribution is 5.87. The number of ether oxygens (including phenoxy) is 1. The lowest BCUT2D eigenvalue weighted by molar-refractivity contribution is 0.0697. The molecule has 0 aliphatic carbocycles. The molecule has 0 amide bonds. The number of allylic oxidation sites excluding steroid dienone is 1. The Bertz CT molecular complexity index is 1750. The van der Waals surface area contributed by atoms with E-state index < -0.39 is 29.1 Å². The van der Waals surface area contributed by atoms with Crippen molar-refractivity contribution in [3.63, 3.8) is 0 Å². The zero-order chi connectivity index (χ0) is 28.1. The van der Waals surface area contributed by atoms with Gasteiger partial charge in [0.05, 0.1) is 22.5 Å². The second-order valence-electron chi connectivity index (χ2n) is 9.07. The molecule has 0 unspecified atom stereocenters. The van der Waals surface area contributed by atoms with Gasteiger partial charge in [-0.25, -0.2) is 18.5 Å². The van der Waals surface area contributed by atoms with Crippen molar-refractivity contribution >= 4 is 16.9 Å². The third-order valence-electron chi connectivity index (χ3n) is 6.53. The fourth-order valence-electron chi connectivity index (χ4n) is 4.62. The molecule has 5 aromatic rings. The number of benzene rings is 4. The lowest BCUT2D eigenvalue weighted by Crippen LogP contribution is -2.43. The highest BCUT2D eigenvalue weighted by Gasteiger charge is 2.23. The average molecular weight is 537 g/mol. The van der Waals surface area contributed by atoms with Gasteiger partial charge in [-0.2, -0.15) is 0 Å². The van der Waals surface area contributed by atoms with Crippen LogP contribution < -0.4 is 16.0 Å². The molecule has 0 bridgehead atoms. The smallest absolute Gasteiger partial charge is 0.335 e. The summed E-state index contributed by atoms with van der Waals surface area (Å²) in [6.07, 6.45) is 3.44. The van der Waals surface area contributed by atoms with Crippen molar-refractivity contribution in [1.82, 2.24) is 9.13 Å². The highest BCUT2D eigenvalue weighted by atomic mass is 19.1. The van der Waals surface area contributed by atoms with E-state index in [4.69, 9.17) is 9.84 Å². The minimum atomic E-state index is -1.02. The normalized spacial score (nSPS) is 11.3. The first-order valence-electron chi connectivity index (χ1n) is 12.6. The first-order valence-corrected chi connectivity index (χ1v) is 12.6. The van der Waals surface area contributed by atoms with Crippen molar-refractivity contribution in [2.75, 3.05) is 6.61 Å². The van der Waals surface area contributed by atoms with Gasteiger partial charge in [0.1, 0.15) is 18.2 Å². The van der Waals surface area contributed by atoms with Gasteiger partial charge < -0.3 is 9.84 Å². The fourth-order valence-corrected chi connectivity index (χ4v) is 4.62. The van der Waals surface area contributed by atoms with Crippen LogP contribution >= 0.6 is 0 Å². The molecule has 1 N–H and O–H groups in total. The molecule has 0 spiro atoms. The van der Waals surface area contributed by atoms with E-state index in [1.54, 1.807) is 24.3 Å². The number of hydrogen-bond acceptors (Lipinski definition) is 4. The Labute approximate surface area is 228 Å². The third kappa shape index (κ3) is 5.47. The summed E-state index contributed by atoms with van der Waals surface area (Å²) < 4.78 is 22.6. The number of hydrogen-bond donors (Lipinski definition) is 1. The van der Waals surface area contributed by atoms with Gasteiger partial charge in [-0.3, -0.25) is 9.36 Å². The maximum atomic E-state index is 14.3. The Morgan fingerprint density at radius 1 is 0.850 bits per heavy atom. The van der Waals surface area contributed by atoms with Crippen molar-refractivity contribution in [3.8, 4) is 5.75 Å². The molecule has 40 heavy (non-hydrogen) atoms. The van der Waals surface area contributed by atoms with Gasteiger partial charge in [-0.1, -0.05) is 66.7 Å². The molecule has 1 heterocycles. The van der Waals surface area contributed by atoms with Gasteiger partial charge in [0, 0.05) is 6.54 Å². The Hall–Kier alpha value is -5.24. The van der Waals surface area contributed by atoms with Crippen molar-refractivity contribution in [1.29, 1.82) is 0 Å². The lowest BCUT2D eigenvalue weighted by atomic mass is 9.98. The van der Waals surface area contributed by atoms with Crippen LogP contribution in [0.4, 0.5) is 4.39 Å². The molecule has 0 saturated heterocycles. The van der Waals surface area contributed by atoms with Gasteiger partial charge in [-0.15, -0.1) is 0 Å². The van der Waals surface area contributed by atoms with Crippen molar-refractivity contribution in [3.05, 3.63) is 159 Å². The van der Waals surface area contributed by atoms with E-state index in [9.17, 15) is 18.8 Å². The molecule has 7 nitrogen and oxygen atoms in total. The monoisotopic (exact) mass is 536 g/mol. The van der Waals surface area contributed by atoms with E-state index in [2.05, 4.69) is 0 Å². The Morgan fingerprint density at radius 3 is 2.08 bits per heavy atom. The SMILES string of the molecule is O=C(O)c1ccc(OC/C=C/Cn2c(=O)n(C(c3ccccc3)c3ccccc3)c(=O)c3cc(F)ccc32)cc1. The minimum Gasteiger partial charge on any atom is -0.490 e. The molecule has 0 aliphatic rings. The predicted molar refractivity (Wildman–Crippen MR) is 151 cm³/mol. The molecule has 4 aromatic carbocycles. The van der Waals surface area contributed by atoms with Crippen LogP contribution in [0.25, 0.3) is 10.9 Å². The van der Waals surface area contributed by atoms with E-state index in [1.807, 2.05) is 60.7 Å². The number of fused-ring (bicyclic) bond motifs is 1. The summed E-state index contributed by atoms with van der Waals surface area (Å²) in [5, 5.41) is 9.12. The Balaban J connectivity index is 1.53. The maximum absolute atomic E-state index is 14.3. The molecule has 5 rings (SSSR count). The maximum Gasteiger partial charge on any atom is 0.335 e. The van der Waals surface area contributed by atoms with Crippen molar-refractivity contribution in [2.45, 2.75) is 12.6 Å². The molecule has 0 aliphatic heterocycles. The first-order chi connectivity index (χ1) is 19.4. The van der Waals surface area contributed by atoms with Crippen molar-refractivity contribution < 1.29 is 19.0 Å². The van der Waals surface area contributed by atoms with Crippen LogP contribution in [0.15, 0.2) is 125 Å². The van der Waals surface area contributed by atoms with Crippen LogP contribution in [0.1, 0.15) is 27.5 Å². The van der Waals surface area contributed by atoms with Gasteiger partial charge in [-0.05, 0) is 59.7 Å². The van der Waals surface area contributed by atoms with E-state index >= 15 is 0 Å². The fraction of sp³-hybridized carbons (Fsp3) is 0.0938. The molecule has 0 fully saturated rings. The van der Waals surface area contributed by atoms with Crippen LogP contribution in [0, 0.1) is 5.82 Å². The van der Waals surface area contributed by atoms with E-state index in [1.165, 1.54) is 33.4 Å². The van der Waals surface area contributed by atoms with Crippen LogP contribution in [-0.2, 0) is 6.54 Å². The summed E-state index contributed by atoms with van der Waals surface area (Å²) in [5.41, 5.74) is 0.857. The average Bonchev–Trinajstić information content (AvgIpc) is 2.98. The lowest BCUT2D eigenvalue weighted by Gasteiger charge is -2.22. The standard InChI is InChI=1S/C32H25FN2O5/c33-25-15-18-28-27(21-25)30(36)35(29(22-9-3-1-4-10-22)23-11-5-2-6-12-23)32(39)34(28)19-7-8-20-40-26-16-13-24(14-17-26)31(37)38/h1-18,21,29H,19-20H2,(H,37,38)/b8-7+. The van der Waals surface area contributed by atoms with Crippen LogP contribution in [-0.4, -0.2) is 26.8 Å². The van der Waals surface area contributed by atoms with Crippen LogP contribution in [0.2, 0.25) is 0 Å². The zero-order valence-electron chi connectivity index (χ0n) is 21.3. The third-order valence-corrected chi connectivity index (χ3v) is 6.53. The summed E-state index contributed by atoms with van der Waals surface area (Å²) in [5.74, 6) is -1.10. The Kier molecular flexibility index (Phi) is 7.68. The van der Waals surface area contributed by atoms with Gasteiger partial charge >= 0.3 is 11.7 Å². The molecule has 200 valence electrons. The number of aromatic carboxylic acids is 1. The highest BCUT2D eigenvalue weighted by Crippen LogP contribution is 2.25. The quantitative estimate of drug-likeness (QED) is 0.259. The number of carboxylic acid groups (broad SMARTS) is 1. The second kappa shape index (κ2) is 11.7. The molecule has 0 atom stereocenters. The number of rotatable bonds is 9. The van der Waals surface area contributed by atoms with E-state index in [0.717, 1.165) is 17.2 Å². The van der Waals surface area contributed by atoms with Gasteiger partial charge in [0.2, 0.25) is 0 Å². The number of aromatic nitrogens is 2. The molecule has 1 aromatic heterocycles. The molecule has 8 heteroatoms. The molecule has 0 saturated carbocycles. The summed E-state index contributed by atoms with van der Waals surface area (Å²) in [4.78, 5) is 38.7. The predicted octanol–water partition coefficient (Wildman–Crippen LogP) is 5.27. The van der Waals surface area contributed by atoms with E-state index in [0.29, 0.717) is 11.3 Å². The van der Waals surface area contributed by atoms with Gasteiger partial charge in [0.25, 0.3) is 5.56 Å². The minimum absolute atomic E-state index is 0.0969. The van der Waals surface area contributed by atoms with Crippen molar-refractivity contribution in [2.24, 2.45) is 0 Å². The Morgan fingerprint density at radius 2 is 1.48 bits per heavy atom.